The first-order valence-corrected chi connectivity index (χ1v) is 22.9. The molecule has 5 heteroatoms. The summed E-state index contributed by atoms with van der Waals surface area (Å²) in [5.41, 5.74) is 16.8. The lowest BCUT2D eigenvalue weighted by atomic mass is 9.84. The zero-order valence-electron chi connectivity index (χ0n) is 36.8. The number of furan rings is 1. The molecule has 3 heterocycles. The Balaban J connectivity index is 1.03. The molecule has 0 aliphatic rings. The summed E-state index contributed by atoms with van der Waals surface area (Å²) in [6.45, 7) is 0. The molecule has 13 aromatic rings. The molecule has 0 amide bonds. The number of rotatable bonds is 8. The maximum atomic E-state index is 6.20. The Morgan fingerprint density at radius 2 is 0.765 bits per heavy atom. The van der Waals surface area contributed by atoms with Crippen LogP contribution in [0.5, 0.6) is 0 Å². The fourth-order valence-electron chi connectivity index (χ4n) is 9.85. The van der Waals surface area contributed by atoms with Crippen LogP contribution < -0.4 is 0 Å². The van der Waals surface area contributed by atoms with Crippen LogP contribution in [0.4, 0.5) is 0 Å². The first-order chi connectivity index (χ1) is 33.7. The SMILES string of the molecule is c1ccc(-c2cc(-c3cccc(-c4nc(-c5ccccc5)nc(-c5ccc6oc7ccccc7c6c5)n4)c3)c(-c3ccccc3)c(-c3ccc4c(c3)c3ccccc3n4-c3ccccc3)c2)cc1. The average molecular weight is 869 g/mol. The number of hydrogen-bond donors (Lipinski definition) is 0. The minimum Gasteiger partial charge on any atom is -0.456 e. The van der Waals surface area contributed by atoms with Crippen molar-refractivity contribution >= 4 is 43.7 Å². The Morgan fingerprint density at radius 3 is 1.49 bits per heavy atom. The normalized spacial score (nSPS) is 11.5. The summed E-state index contributed by atoms with van der Waals surface area (Å²) in [4.78, 5) is 15.5. The number of hydrogen-bond acceptors (Lipinski definition) is 4. The van der Waals surface area contributed by atoms with E-state index in [2.05, 4.69) is 187 Å². The lowest BCUT2D eigenvalue weighted by Gasteiger charge is -2.20. The Hall–Kier alpha value is -9.19. The Bertz CT molecular complexity index is 4010. The van der Waals surface area contributed by atoms with Crippen molar-refractivity contribution in [3.05, 3.63) is 243 Å². The molecule has 68 heavy (non-hydrogen) atoms. The predicted molar refractivity (Wildman–Crippen MR) is 279 cm³/mol. The summed E-state index contributed by atoms with van der Waals surface area (Å²) in [5.74, 6) is 1.79. The first-order valence-electron chi connectivity index (χ1n) is 22.9. The Labute approximate surface area is 392 Å². The number of fused-ring (bicyclic) bond motifs is 6. The molecule has 0 saturated heterocycles. The number of para-hydroxylation sites is 3. The summed E-state index contributed by atoms with van der Waals surface area (Å²) in [6, 6.07) is 85.6. The van der Waals surface area contributed by atoms with E-state index in [0.717, 1.165) is 88.8 Å². The summed E-state index contributed by atoms with van der Waals surface area (Å²) in [5, 5.41) is 4.49. The van der Waals surface area contributed by atoms with Gasteiger partial charge in [-0.1, -0.05) is 170 Å². The van der Waals surface area contributed by atoms with Crippen LogP contribution >= 0.6 is 0 Å². The van der Waals surface area contributed by atoms with E-state index in [-0.39, 0.29) is 0 Å². The van der Waals surface area contributed by atoms with E-state index in [9.17, 15) is 0 Å². The quantitative estimate of drug-likeness (QED) is 0.153. The molecule has 10 aromatic carbocycles. The van der Waals surface area contributed by atoms with Gasteiger partial charge in [-0.05, 0) is 117 Å². The summed E-state index contributed by atoms with van der Waals surface area (Å²) in [6.07, 6.45) is 0. The van der Waals surface area contributed by atoms with E-state index in [4.69, 9.17) is 19.4 Å². The third-order valence-corrected chi connectivity index (χ3v) is 13.0. The maximum Gasteiger partial charge on any atom is 0.164 e. The molecule has 5 nitrogen and oxygen atoms in total. The second kappa shape index (κ2) is 16.4. The zero-order valence-corrected chi connectivity index (χ0v) is 36.8. The van der Waals surface area contributed by atoms with Gasteiger partial charge in [-0.15, -0.1) is 0 Å². The molecule has 0 atom stereocenters. The fourth-order valence-corrected chi connectivity index (χ4v) is 9.85. The van der Waals surface area contributed by atoms with Crippen molar-refractivity contribution in [2.75, 3.05) is 0 Å². The number of benzene rings is 10. The van der Waals surface area contributed by atoms with Gasteiger partial charge < -0.3 is 8.98 Å². The second-order valence-corrected chi connectivity index (χ2v) is 17.2. The third-order valence-electron chi connectivity index (χ3n) is 13.0. The van der Waals surface area contributed by atoms with Gasteiger partial charge in [0.25, 0.3) is 0 Å². The van der Waals surface area contributed by atoms with Crippen LogP contribution in [-0.4, -0.2) is 19.5 Å². The highest BCUT2D eigenvalue weighted by molar-refractivity contribution is 6.11. The van der Waals surface area contributed by atoms with Gasteiger partial charge in [-0.3, -0.25) is 0 Å². The van der Waals surface area contributed by atoms with Crippen molar-refractivity contribution < 1.29 is 4.42 Å². The molecule has 0 aliphatic carbocycles. The standard InChI is InChI=1S/C63H40N4O/c1-5-18-41(19-6-1)48-39-52(60(42-20-7-2-8-21-42)53(40-48)45-32-34-57-54(37-45)50-28-13-15-30-56(50)67(57)49-26-11-4-12-27-49)44-24-17-25-46(36-44)62-64-61(43-22-9-3-10-23-43)65-63(66-62)47-33-35-59-55(38-47)51-29-14-16-31-58(51)68-59/h1-40H. The van der Waals surface area contributed by atoms with Crippen LogP contribution in [0.1, 0.15) is 0 Å². The van der Waals surface area contributed by atoms with Crippen molar-refractivity contribution in [1.29, 1.82) is 0 Å². The van der Waals surface area contributed by atoms with Crippen LogP contribution in [0, 0.1) is 0 Å². The molecule has 0 spiro atoms. The topological polar surface area (TPSA) is 56.7 Å². The number of nitrogens with zero attached hydrogens (tertiary/aromatic N) is 4. The Kier molecular flexibility index (Phi) is 9.43. The van der Waals surface area contributed by atoms with Gasteiger partial charge in [0.1, 0.15) is 11.2 Å². The van der Waals surface area contributed by atoms with Crippen LogP contribution in [0.3, 0.4) is 0 Å². The van der Waals surface area contributed by atoms with Crippen LogP contribution in [0.15, 0.2) is 247 Å². The monoisotopic (exact) mass is 868 g/mol. The summed E-state index contributed by atoms with van der Waals surface area (Å²) >= 11 is 0. The lowest BCUT2D eigenvalue weighted by Crippen LogP contribution is -2.00. The molecule has 0 bridgehead atoms. The fraction of sp³-hybridized carbons (Fsp3) is 0. The van der Waals surface area contributed by atoms with E-state index in [1.807, 2.05) is 60.7 Å². The molecule has 0 unspecified atom stereocenters. The van der Waals surface area contributed by atoms with E-state index in [0.29, 0.717) is 17.5 Å². The zero-order chi connectivity index (χ0) is 45.0. The lowest BCUT2D eigenvalue weighted by molar-refractivity contribution is 0.669. The molecule has 13 rings (SSSR count). The van der Waals surface area contributed by atoms with Gasteiger partial charge >= 0.3 is 0 Å². The molecule has 0 N–H and O–H groups in total. The highest BCUT2D eigenvalue weighted by Crippen LogP contribution is 2.46. The van der Waals surface area contributed by atoms with Crippen LogP contribution in [-0.2, 0) is 0 Å². The minimum absolute atomic E-state index is 0.591. The Morgan fingerprint density at radius 1 is 0.279 bits per heavy atom. The van der Waals surface area contributed by atoms with E-state index in [1.165, 1.54) is 21.8 Å². The molecular weight excluding hydrogens is 829 g/mol. The molecule has 0 aliphatic heterocycles. The molecule has 0 saturated carbocycles. The van der Waals surface area contributed by atoms with Gasteiger partial charge in [-0.25, -0.2) is 15.0 Å². The van der Waals surface area contributed by atoms with Crippen LogP contribution in [0.25, 0.3) is 128 Å². The van der Waals surface area contributed by atoms with Crippen molar-refractivity contribution in [3.8, 4) is 84.4 Å². The van der Waals surface area contributed by atoms with E-state index >= 15 is 0 Å². The average Bonchev–Trinajstić information content (AvgIpc) is 3.96. The van der Waals surface area contributed by atoms with Gasteiger partial charge in [0.15, 0.2) is 17.5 Å². The number of aromatic nitrogens is 4. The van der Waals surface area contributed by atoms with Gasteiger partial charge in [0.05, 0.1) is 11.0 Å². The largest absolute Gasteiger partial charge is 0.456 e. The second-order valence-electron chi connectivity index (χ2n) is 17.2. The van der Waals surface area contributed by atoms with Crippen molar-refractivity contribution in [2.45, 2.75) is 0 Å². The van der Waals surface area contributed by atoms with Gasteiger partial charge in [0.2, 0.25) is 0 Å². The van der Waals surface area contributed by atoms with Crippen molar-refractivity contribution in [2.24, 2.45) is 0 Å². The predicted octanol–water partition coefficient (Wildman–Crippen LogP) is 16.5. The molecule has 0 fully saturated rings. The van der Waals surface area contributed by atoms with Crippen molar-refractivity contribution in [3.63, 3.8) is 0 Å². The summed E-state index contributed by atoms with van der Waals surface area (Å²) < 4.78 is 8.57. The van der Waals surface area contributed by atoms with E-state index < -0.39 is 0 Å². The minimum atomic E-state index is 0.591. The van der Waals surface area contributed by atoms with Crippen LogP contribution in [0.2, 0.25) is 0 Å². The maximum absolute atomic E-state index is 6.20. The highest BCUT2D eigenvalue weighted by Gasteiger charge is 2.21. The highest BCUT2D eigenvalue weighted by atomic mass is 16.3. The molecular formula is C63H40N4O. The molecule has 0 radical (unpaired) electrons. The van der Waals surface area contributed by atoms with Gasteiger partial charge in [0, 0.05) is 43.9 Å². The smallest absolute Gasteiger partial charge is 0.164 e. The molecule has 318 valence electrons. The third kappa shape index (κ3) is 6.84. The summed E-state index contributed by atoms with van der Waals surface area (Å²) in [7, 11) is 0. The van der Waals surface area contributed by atoms with Gasteiger partial charge in [-0.2, -0.15) is 0 Å². The first kappa shape index (κ1) is 39.2. The van der Waals surface area contributed by atoms with Crippen molar-refractivity contribution in [1.82, 2.24) is 19.5 Å². The molecule has 3 aromatic heterocycles. The van der Waals surface area contributed by atoms with E-state index in [1.54, 1.807) is 0 Å².